The predicted octanol–water partition coefficient (Wildman–Crippen LogP) is 5.03. The lowest BCUT2D eigenvalue weighted by molar-refractivity contribution is 0.119. The van der Waals surface area contributed by atoms with Gasteiger partial charge < -0.3 is 4.74 Å². The molecule has 1 rings (SSSR count). The number of hydrogen-bond donors (Lipinski definition) is 0. The van der Waals surface area contributed by atoms with E-state index in [2.05, 4.69) is 57.5 Å². The summed E-state index contributed by atoms with van der Waals surface area (Å²) >= 11 is 0. The second-order valence-corrected chi connectivity index (χ2v) is 11.8. The van der Waals surface area contributed by atoms with E-state index in [-0.39, 0.29) is 0 Å². The highest BCUT2D eigenvalue weighted by Crippen LogP contribution is 2.35. The molecule has 0 heterocycles. The zero-order valence-electron chi connectivity index (χ0n) is 13.6. The minimum atomic E-state index is -1.43. The predicted molar refractivity (Wildman–Crippen MR) is 90.3 cm³/mol. The van der Waals surface area contributed by atoms with Crippen LogP contribution in [0.25, 0.3) is 0 Å². The van der Waals surface area contributed by atoms with Crippen molar-refractivity contribution >= 4 is 8.07 Å². The monoisotopic (exact) mass is 288 g/mol. The highest BCUT2D eigenvalue weighted by Gasteiger charge is 2.33. The molecule has 0 fully saturated rings. The first-order chi connectivity index (χ1) is 9.33. The Hall–Kier alpha value is -1.04. The molecule has 0 saturated carbocycles. The van der Waals surface area contributed by atoms with Crippen molar-refractivity contribution in [3.05, 3.63) is 35.9 Å². The van der Waals surface area contributed by atoms with E-state index in [1.54, 1.807) is 0 Å². The largest absolute Gasteiger partial charge is 0.377 e. The second kappa shape index (κ2) is 7.66. The number of benzene rings is 1. The maximum absolute atomic E-state index is 5.66. The van der Waals surface area contributed by atoms with Gasteiger partial charge in [0.25, 0.3) is 0 Å². The Kier molecular flexibility index (Phi) is 6.52. The van der Waals surface area contributed by atoms with Crippen molar-refractivity contribution in [3.8, 4) is 11.5 Å². The van der Waals surface area contributed by atoms with Crippen LogP contribution in [0.2, 0.25) is 18.1 Å². The van der Waals surface area contributed by atoms with Crippen LogP contribution in [0.1, 0.15) is 39.2 Å². The van der Waals surface area contributed by atoms with Crippen molar-refractivity contribution in [2.45, 2.75) is 58.4 Å². The smallest absolute Gasteiger partial charge is 0.137 e. The first-order valence-corrected chi connectivity index (χ1v) is 10.4. The normalized spacial score (nSPS) is 11.8. The molecule has 0 saturated heterocycles. The molecular weight excluding hydrogens is 260 g/mol. The van der Waals surface area contributed by atoms with Crippen LogP contribution >= 0.6 is 0 Å². The summed E-state index contributed by atoms with van der Waals surface area (Å²) in [5, 5.41) is 0.351. The van der Waals surface area contributed by atoms with Crippen molar-refractivity contribution in [1.29, 1.82) is 0 Å². The summed E-state index contributed by atoms with van der Waals surface area (Å²) in [4.78, 5) is 0. The average molecular weight is 289 g/mol. The summed E-state index contributed by atoms with van der Waals surface area (Å²) in [5.74, 6) is 3.36. The molecule has 0 amide bonds. The highest BCUT2D eigenvalue weighted by molar-refractivity contribution is 6.87. The van der Waals surface area contributed by atoms with Crippen LogP contribution in [0.4, 0.5) is 0 Å². The fourth-order valence-electron chi connectivity index (χ4n) is 1.50. The quantitative estimate of drug-likeness (QED) is 0.419. The van der Waals surface area contributed by atoms with E-state index in [1.165, 1.54) is 5.56 Å². The van der Waals surface area contributed by atoms with Crippen molar-refractivity contribution < 1.29 is 4.74 Å². The van der Waals surface area contributed by atoms with Gasteiger partial charge in [-0.1, -0.05) is 64.2 Å². The Bertz CT molecular complexity index is 446. The van der Waals surface area contributed by atoms with Gasteiger partial charge in [0.05, 0.1) is 6.61 Å². The molecule has 0 radical (unpaired) electrons. The van der Waals surface area contributed by atoms with Gasteiger partial charge in [0.1, 0.15) is 8.07 Å². The molecular formula is C18H28OSi. The summed E-state index contributed by atoms with van der Waals surface area (Å²) < 4.78 is 5.66. The van der Waals surface area contributed by atoms with E-state index in [9.17, 15) is 0 Å². The minimum Gasteiger partial charge on any atom is -0.377 e. The second-order valence-electron chi connectivity index (χ2n) is 6.82. The lowest BCUT2D eigenvalue weighted by Gasteiger charge is -2.31. The molecule has 0 aliphatic heterocycles. The molecule has 0 N–H and O–H groups in total. The topological polar surface area (TPSA) is 9.23 Å². The maximum Gasteiger partial charge on any atom is 0.137 e. The van der Waals surface area contributed by atoms with Gasteiger partial charge in [-0.05, 0) is 17.0 Å². The van der Waals surface area contributed by atoms with E-state index < -0.39 is 8.07 Å². The summed E-state index contributed by atoms with van der Waals surface area (Å²) in [6, 6.07) is 10.3. The van der Waals surface area contributed by atoms with Crippen LogP contribution < -0.4 is 0 Å². The van der Waals surface area contributed by atoms with Crippen molar-refractivity contribution in [1.82, 2.24) is 0 Å². The molecule has 0 aromatic heterocycles. The fraction of sp³-hybridized carbons (Fsp3) is 0.556. The Labute approximate surface area is 125 Å². The van der Waals surface area contributed by atoms with Crippen LogP contribution in [-0.2, 0) is 11.3 Å². The molecule has 1 aromatic carbocycles. The van der Waals surface area contributed by atoms with Gasteiger partial charge >= 0.3 is 0 Å². The summed E-state index contributed by atoms with van der Waals surface area (Å²) in [6.07, 6.45) is 1.97. The molecule has 2 heteroatoms. The molecule has 0 aliphatic carbocycles. The zero-order valence-corrected chi connectivity index (χ0v) is 14.6. The minimum absolute atomic E-state index is 0.351. The number of hydrogen-bond acceptors (Lipinski definition) is 1. The molecule has 110 valence electrons. The third kappa shape index (κ3) is 5.94. The Morgan fingerprint density at radius 1 is 1.10 bits per heavy atom. The summed E-state index contributed by atoms with van der Waals surface area (Å²) in [5.41, 5.74) is 4.78. The maximum atomic E-state index is 5.66. The lowest BCUT2D eigenvalue weighted by atomic mass is 10.2. The number of ether oxygens (including phenoxy) is 1. The Balaban J connectivity index is 2.20. The van der Waals surface area contributed by atoms with Gasteiger partial charge in [0, 0.05) is 13.0 Å². The van der Waals surface area contributed by atoms with Crippen LogP contribution in [0.15, 0.2) is 30.3 Å². The molecule has 0 bridgehead atoms. The lowest BCUT2D eigenvalue weighted by Crippen LogP contribution is -2.35. The zero-order chi connectivity index (χ0) is 15.1. The third-order valence-corrected chi connectivity index (χ3v) is 8.53. The van der Waals surface area contributed by atoms with Crippen LogP contribution in [-0.4, -0.2) is 14.7 Å². The van der Waals surface area contributed by atoms with E-state index >= 15 is 0 Å². The first kappa shape index (κ1) is 17.0. The van der Waals surface area contributed by atoms with Crippen molar-refractivity contribution in [2.24, 2.45) is 0 Å². The van der Waals surface area contributed by atoms with Crippen LogP contribution in [0.3, 0.4) is 0 Å². The molecule has 0 atom stereocenters. The molecule has 0 spiro atoms. The van der Waals surface area contributed by atoms with E-state index in [0.717, 1.165) is 19.4 Å². The SMILES string of the molecule is CC(C)(C)[Si](C)(C)C#CCCCOCc1ccccc1. The number of rotatable bonds is 5. The number of unbranched alkanes of at least 4 members (excludes halogenated alkanes) is 1. The van der Waals surface area contributed by atoms with Gasteiger partial charge in [-0.2, -0.15) is 0 Å². The summed E-state index contributed by atoms with van der Waals surface area (Å²) in [7, 11) is -1.43. The molecule has 20 heavy (non-hydrogen) atoms. The van der Waals surface area contributed by atoms with E-state index in [4.69, 9.17) is 4.74 Å². The van der Waals surface area contributed by atoms with Crippen molar-refractivity contribution in [3.63, 3.8) is 0 Å². The molecule has 0 unspecified atom stereocenters. The Morgan fingerprint density at radius 2 is 1.75 bits per heavy atom. The third-order valence-electron chi connectivity index (χ3n) is 3.98. The van der Waals surface area contributed by atoms with Crippen LogP contribution in [0, 0.1) is 11.5 Å². The van der Waals surface area contributed by atoms with Crippen LogP contribution in [0.5, 0.6) is 0 Å². The molecule has 1 aromatic rings. The van der Waals surface area contributed by atoms with Gasteiger partial charge in [0.15, 0.2) is 0 Å². The van der Waals surface area contributed by atoms with Gasteiger partial charge in [-0.15, -0.1) is 11.5 Å². The van der Waals surface area contributed by atoms with E-state index in [1.807, 2.05) is 18.2 Å². The van der Waals surface area contributed by atoms with Gasteiger partial charge in [-0.25, -0.2) is 0 Å². The summed E-state index contributed by atoms with van der Waals surface area (Å²) in [6.45, 7) is 13.1. The molecule has 1 nitrogen and oxygen atoms in total. The highest BCUT2D eigenvalue weighted by atomic mass is 28.3. The average Bonchev–Trinajstić information content (AvgIpc) is 2.37. The Morgan fingerprint density at radius 3 is 2.35 bits per heavy atom. The van der Waals surface area contributed by atoms with Gasteiger partial charge in [-0.3, -0.25) is 0 Å². The van der Waals surface area contributed by atoms with Gasteiger partial charge in [0.2, 0.25) is 0 Å². The standard InChI is InChI=1S/C18H28OSi/c1-18(2,3)20(4,5)15-11-7-10-14-19-16-17-12-8-6-9-13-17/h6,8-9,12-13H,7,10,14,16H2,1-5H3. The fourth-order valence-corrected chi connectivity index (χ4v) is 2.44. The van der Waals surface area contributed by atoms with Crippen molar-refractivity contribution in [2.75, 3.05) is 6.61 Å². The first-order valence-electron chi connectivity index (χ1n) is 7.45. The van der Waals surface area contributed by atoms with E-state index in [0.29, 0.717) is 11.6 Å². The molecule has 0 aliphatic rings.